The van der Waals surface area contributed by atoms with Crippen LogP contribution in [-0.4, -0.2) is 26.8 Å². The van der Waals surface area contributed by atoms with Crippen molar-refractivity contribution in [1.82, 2.24) is 14.6 Å². The second-order valence-corrected chi connectivity index (χ2v) is 4.26. The molecule has 4 nitrogen and oxygen atoms in total. The molecule has 0 aromatic carbocycles. The number of anilines is 1. The first kappa shape index (κ1) is 12.7. The standard InChI is InChI=1S/C11H13F3N4/c1-7-5-9-10(15-3-4-18(9)17-7)16-8(2)6-11(12,13)14/h3-5,8H,6H2,1-2H3,(H,15,16). The van der Waals surface area contributed by atoms with Gasteiger partial charge in [-0.3, -0.25) is 0 Å². The molecule has 0 radical (unpaired) electrons. The van der Waals surface area contributed by atoms with Gasteiger partial charge in [-0.25, -0.2) is 9.50 Å². The molecule has 0 aliphatic carbocycles. The van der Waals surface area contributed by atoms with E-state index in [4.69, 9.17) is 0 Å². The maximum atomic E-state index is 12.2. The van der Waals surface area contributed by atoms with Crippen LogP contribution in [0.4, 0.5) is 19.0 Å². The van der Waals surface area contributed by atoms with Crippen LogP contribution in [0, 0.1) is 6.92 Å². The average Bonchev–Trinajstić information content (AvgIpc) is 2.56. The van der Waals surface area contributed by atoms with E-state index in [1.807, 2.05) is 6.92 Å². The zero-order valence-electron chi connectivity index (χ0n) is 9.99. The van der Waals surface area contributed by atoms with Gasteiger partial charge in [-0.15, -0.1) is 0 Å². The number of fused-ring (bicyclic) bond motifs is 1. The van der Waals surface area contributed by atoms with Crippen LogP contribution in [0.3, 0.4) is 0 Å². The Balaban J connectivity index is 2.21. The number of aromatic nitrogens is 3. The Kier molecular flexibility index (Phi) is 3.14. The Morgan fingerprint density at radius 1 is 1.44 bits per heavy atom. The van der Waals surface area contributed by atoms with Gasteiger partial charge in [0.15, 0.2) is 5.82 Å². The molecule has 2 heterocycles. The fourth-order valence-corrected chi connectivity index (χ4v) is 1.79. The number of rotatable bonds is 3. The van der Waals surface area contributed by atoms with Crippen LogP contribution >= 0.6 is 0 Å². The van der Waals surface area contributed by atoms with Gasteiger partial charge in [0.25, 0.3) is 0 Å². The van der Waals surface area contributed by atoms with Crippen LogP contribution in [-0.2, 0) is 0 Å². The third-order valence-electron chi connectivity index (χ3n) is 2.43. The number of alkyl halides is 3. The predicted molar refractivity (Wildman–Crippen MR) is 61.5 cm³/mol. The fraction of sp³-hybridized carbons (Fsp3) is 0.455. The van der Waals surface area contributed by atoms with Gasteiger partial charge < -0.3 is 5.32 Å². The third-order valence-corrected chi connectivity index (χ3v) is 2.43. The molecule has 0 saturated heterocycles. The summed E-state index contributed by atoms with van der Waals surface area (Å²) in [5.41, 5.74) is 1.46. The Morgan fingerprint density at radius 3 is 2.83 bits per heavy atom. The molecule has 18 heavy (non-hydrogen) atoms. The molecule has 2 aromatic heterocycles. The molecule has 1 N–H and O–H groups in total. The van der Waals surface area contributed by atoms with E-state index in [-0.39, 0.29) is 0 Å². The highest BCUT2D eigenvalue weighted by Crippen LogP contribution is 2.24. The molecular formula is C11H13F3N4. The monoisotopic (exact) mass is 258 g/mol. The highest BCUT2D eigenvalue weighted by atomic mass is 19.4. The zero-order valence-corrected chi connectivity index (χ0v) is 9.99. The maximum absolute atomic E-state index is 12.2. The number of nitrogens with one attached hydrogen (secondary N) is 1. The maximum Gasteiger partial charge on any atom is 0.391 e. The number of hydrogen-bond donors (Lipinski definition) is 1. The molecule has 2 rings (SSSR count). The largest absolute Gasteiger partial charge is 0.391 e. The van der Waals surface area contributed by atoms with Gasteiger partial charge in [0.05, 0.1) is 12.1 Å². The quantitative estimate of drug-likeness (QED) is 0.920. The summed E-state index contributed by atoms with van der Waals surface area (Å²) < 4.78 is 38.3. The van der Waals surface area contributed by atoms with Gasteiger partial charge in [0.1, 0.15) is 5.52 Å². The lowest BCUT2D eigenvalue weighted by Gasteiger charge is -2.16. The second kappa shape index (κ2) is 4.47. The molecule has 1 unspecified atom stereocenters. The van der Waals surface area contributed by atoms with E-state index in [2.05, 4.69) is 15.4 Å². The number of hydrogen-bond acceptors (Lipinski definition) is 3. The van der Waals surface area contributed by atoms with Crippen molar-refractivity contribution in [3.63, 3.8) is 0 Å². The average molecular weight is 258 g/mol. The van der Waals surface area contributed by atoms with E-state index >= 15 is 0 Å². The van der Waals surface area contributed by atoms with Crippen molar-refractivity contribution in [3.8, 4) is 0 Å². The summed E-state index contributed by atoms with van der Waals surface area (Å²) in [6.45, 7) is 3.29. The second-order valence-electron chi connectivity index (χ2n) is 4.26. The van der Waals surface area contributed by atoms with Crippen molar-refractivity contribution in [3.05, 3.63) is 24.2 Å². The van der Waals surface area contributed by atoms with Crippen molar-refractivity contribution < 1.29 is 13.2 Å². The summed E-state index contributed by atoms with van der Waals surface area (Å²) in [4.78, 5) is 4.05. The van der Waals surface area contributed by atoms with E-state index < -0.39 is 18.6 Å². The number of nitrogens with zero attached hydrogens (tertiary/aromatic N) is 3. The lowest BCUT2D eigenvalue weighted by atomic mass is 10.2. The molecule has 0 aliphatic heterocycles. The smallest absolute Gasteiger partial charge is 0.365 e. The van der Waals surface area contributed by atoms with Gasteiger partial charge in [0.2, 0.25) is 0 Å². The first-order valence-corrected chi connectivity index (χ1v) is 5.49. The molecule has 0 bridgehead atoms. The van der Waals surface area contributed by atoms with Gasteiger partial charge in [-0.1, -0.05) is 0 Å². The molecule has 0 fully saturated rings. The summed E-state index contributed by atoms with van der Waals surface area (Å²) in [5, 5.41) is 6.93. The lowest BCUT2D eigenvalue weighted by Crippen LogP contribution is -2.24. The van der Waals surface area contributed by atoms with Crippen LogP contribution in [0.5, 0.6) is 0 Å². The van der Waals surface area contributed by atoms with Crippen molar-refractivity contribution in [2.45, 2.75) is 32.5 Å². The SMILES string of the molecule is Cc1cc2c(NC(C)CC(F)(F)F)nccn2n1. The fourth-order valence-electron chi connectivity index (χ4n) is 1.79. The summed E-state index contributed by atoms with van der Waals surface area (Å²) in [6, 6.07) is 1.04. The van der Waals surface area contributed by atoms with Crippen molar-refractivity contribution in [1.29, 1.82) is 0 Å². The van der Waals surface area contributed by atoms with Crippen LogP contribution < -0.4 is 5.32 Å². The van der Waals surface area contributed by atoms with Crippen molar-refractivity contribution in [2.75, 3.05) is 5.32 Å². The minimum absolute atomic E-state index is 0.412. The minimum atomic E-state index is -4.19. The Bertz CT molecular complexity index is 547. The first-order chi connectivity index (χ1) is 8.35. The normalized spacial score (nSPS) is 13.8. The van der Waals surface area contributed by atoms with Crippen LogP contribution in [0.25, 0.3) is 5.52 Å². The molecule has 1 atom stereocenters. The molecule has 98 valence electrons. The topological polar surface area (TPSA) is 42.2 Å². The van der Waals surface area contributed by atoms with Crippen LogP contribution in [0.15, 0.2) is 18.5 Å². The van der Waals surface area contributed by atoms with E-state index in [9.17, 15) is 13.2 Å². The third kappa shape index (κ3) is 2.91. The van der Waals surface area contributed by atoms with E-state index in [1.54, 1.807) is 16.8 Å². The Hall–Kier alpha value is -1.79. The van der Waals surface area contributed by atoms with Crippen LogP contribution in [0.1, 0.15) is 19.0 Å². The summed E-state index contributed by atoms with van der Waals surface area (Å²) >= 11 is 0. The zero-order chi connectivity index (χ0) is 13.3. The van der Waals surface area contributed by atoms with Gasteiger partial charge in [-0.2, -0.15) is 18.3 Å². The van der Waals surface area contributed by atoms with Crippen LogP contribution in [0.2, 0.25) is 0 Å². The first-order valence-electron chi connectivity index (χ1n) is 5.49. The summed E-state index contributed by atoms with van der Waals surface area (Å²) in [7, 11) is 0. The highest BCUT2D eigenvalue weighted by Gasteiger charge is 2.30. The van der Waals surface area contributed by atoms with Crippen molar-refractivity contribution in [2.24, 2.45) is 0 Å². The minimum Gasteiger partial charge on any atom is -0.365 e. The molecule has 7 heteroatoms. The highest BCUT2D eigenvalue weighted by molar-refractivity contribution is 5.67. The van der Waals surface area contributed by atoms with Gasteiger partial charge in [0, 0.05) is 18.4 Å². The molecule has 0 amide bonds. The predicted octanol–water partition coefficient (Wildman–Crippen LogP) is 2.79. The molecule has 0 aliphatic rings. The number of aryl methyl sites for hydroxylation is 1. The van der Waals surface area contributed by atoms with E-state index in [0.717, 1.165) is 5.69 Å². The molecular weight excluding hydrogens is 245 g/mol. The van der Waals surface area contributed by atoms with E-state index in [1.165, 1.54) is 13.1 Å². The van der Waals surface area contributed by atoms with Crippen molar-refractivity contribution >= 4 is 11.3 Å². The van der Waals surface area contributed by atoms with Gasteiger partial charge >= 0.3 is 6.18 Å². The Labute approximate surface area is 102 Å². The number of halogens is 3. The van der Waals surface area contributed by atoms with Gasteiger partial charge in [-0.05, 0) is 19.9 Å². The lowest BCUT2D eigenvalue weighted by molar-refractivity contribution is -0.136. The van der Waals surface area contributed by atoms with E-state index in [0.29, 0.717) is 11.3 Å². The Morgan fingerprint density at radius 2 is 2.17 bits per heavy atom. The summed E-state index contributed by atoms with van der Waals surface area (Å²) in [6.07, 6.45) is -1.93. The molecule has 2 aromatic rings. The molecule has 0 saturated carbocycles. The summed E-state index contributed by atoms with van der Waals surface area (Å²) in [5.74, 6) is 0.412. The molecule has 0 spiro atoms.